The fraction of sp³-hybridized carbons (Fsp3) is 0.704. The Bertz CT molecular complexity index is 604. The van der Waals surface area contributed by atoms with Gasteiger partial charge in [-0.1, -0.05) is 75.5 Å². The lowest BCUT2D eigenvalue weighted by molar-refractivity contribution is -0.873. The number of allylic oxidation sites excluding steroid dienone is 5. The van der Waals surface area contributed by atoms with Gasteiger partial charge in [0.25, 0.3) is 0 Å². The highest BCUT2D eigenvalue weighted by Crippen LogP contribution is 2.11. The molecule has 0 aliphatic heterocycles. The lowest BCUT2D eigenvalue weighted by Gasteiger charge is -2.28. The second-order valence-electron chi connectivity index (χ2n) is 9.72. The van der Waals surface area contributed by atoms with Crippen molar-refractivity contribution in [3.8, 4) is 0 Å². The van der Waals surface area contributed by atoms with E-state index in [1.165, 1.54) is 12.8 Å². The zero-order valence-corrected chi connectivity index (χ0v) is 21.4. The Labute approximate surface area is 201 Å². The first-order valence-corrected chi connectivity index (χ1v) is 12.5. The molecule has 0 spiro atoms. The van der Waals surface area contributed by atoms with Crippen molar-refractivity contribution in [2.24, 2.45) is 0 Å². The Kier molecular flexibility index (Phi) is 18.4. The van der Waals surface area contributed by atoms with Crippen LogP contribution in [0.2, 0.25) is 0 Å². The van der Waals surface area contributed by atoms with Gasteiger partial charge in [-0.15, -0.1) is 0 Å². The Hall–Kier alpha value is -1.92. The van der Waals surface area contributed by atoms with Crippen molar-refractivity contribution in [2.45, 2.75) is 96.2 Å². The van der Waals surface area contributed by atoms with Crippen LogP contribution in [0.25, 0.3) is 0 Å². The van der Waals surface area contributed by atoms with E-state index in [1.807, 2.05) is 39.4 Å². The molecule has 0 radical (unpaired) electrons. The minimum Gasteiger partial charge on any atom is -0.481 e. The van der Waals surface area contributed by atoms with E-state index in [0.717, 1.165) is 51.4 Å². The quantitative estimate of drug-likeness (QED) is 0.0823. The molecule has 0 aliphatic rings. The number of rotatable bonds is 20. The van der Waals surface area contributed by atoms with E-state index < -0.39 is 12.1 Å². The van der Waals surface area contributed by atoms with Gasteiger partial charge in [0, 0.05) is 6.42 Å². The summed E-state index contributed by atoms with van der Waals surface area (Å²) in [5.41, 5.74) is 0. The van der Waals surface area contributed by atoms with Crippen molar-refractivity contribution in [1.82, 2.24) is 0 Å². The molecule has 0 aliphatic carbocycles. The van der Waals surface area contributed by atoms with E-state index in [0.29, 0.717) is 17.4 Å². The highest BCUT2D eigenvalue weighted by atomic mass is 16.5. The smallest absolute Gasteiger partial charge is 0.307 e. The lowest BCUT2D eigenvalue weighted by Crippen LogP contribution is -2.43. The highest BCUT2D eigenvalue weighted by Gasteiger charge is 2.24. The van der Waals surface area contributed by atoms with Gasteiger partial charge in [-0.05, 0) is 32.1 Å². The molecule has 190 valence electrons. The molecular weight excluding hydrogens is 418 g/mol. The van der Waals surface area contributed by atoms with Gasteiger partial charge in [0.1, 0.15) is 6.54 Å². The minimum atomic E-state index is -0.946. The van der Waals surface area contributed by atoms with Gasteiger partial charge in [-0.2, -0.15) is 0 Å². The van der Waals surface area contributed by atoms with Crippen molar-refractivity contribution in [1.29, 1.82) is 0 Å². The lowest BCUT2D eigenvalue weighted by atomic mass is 10.1. The maximum Gasteiger partial charge on any atom is 0.307 e. The highest BCUT2D eigenvalue weighted by molar-refractivity contribution is 5.71. The Morgan fingerprint density at radius 1 is 0.939 bits per heavy atom. The molecule has 0 amide bonds. The van der Waals surface area contributed by atoms with Crippen molar-refractivity contribution in [2.75, 3.05) is 27.7 Å². The predicted octanol–water partition coefficient (Wildman–Crippen LogP) is 5.42. The summed E-state index contributed by atoms with van der Waals surface area (Å²) in [7, 11) is 5.85. The maximum absolute atomic E-state index is 12.0. The Balaban J connectivity index is 3.82. The molecule has 6 nitrogen and oxygen atoms in total. The largest absolute Gasteiger partial charge is 0.481 e. The number of carboxylic acids is 1. The third-order valence-electron chi connectivity index (χ3n) is 5.08. The molecule has 2 atom stereocenters. The van der Waals surface area contributed by atoms with Gasteiger partial charge >= 0.3 is 11.9 Å². The second-order valence-corrected chi connectivity index (χ2v) is 9.72. The maximum atomic E-state index is 12.0. The number of aliphatic hydroxyl groups is 1. The van der Waals surface area contributed by atoms with Gasteiger partial charge < -0.3 is 19.4 Å². The van der Waals surface area contributed by atoms with E-state index in [2.05, 4.69) is 25.2 Å². The fourth-order valence-corrected chi connectivity index (χ4v) is 3.42. The zero-order valence-electron chi connectivity index (χ0n) is 21.4. The average Bonchev–Trinajstić information content (AvgIpc) is 2.69. The summed E-state index contributed by atoms with van der Waals surface area (Å²) >= 11 is 0. The summed E-state index contributed by atoms with van der Waals surface area (Å²) in [6.07, 6.45) is 21.5. The molecule has 2 unspecified atom stereocenters. The normalized spacial score (nSPS) is 14.3. The summed E-state index contributed by atoms with van der Waals surface area (Å²) < 4.78 is 5.95. The third-order valence-corrected chi connectivity index (χ3v) is 5.08. The van der Waals surface area contributed by atoms with Crippen LogP contribution in [-0.4, -0.2) is 66.5 Å². The van der Waals surface area contributed by atoms with Gasteiger partial charge in [0.2, 0.25) is 0 Å². The molecule has 0 aromatic rings. The number of hydrogen-bond donors (Lipinski definition) is 2. The molecule has 0 aromatic carbocycles. The predicted molar refractivity (Wildman–Crippen MR) is 135 cm³/mol. The molecule has 0 fully saturated rings. The third kappa shape index (κ3) is 23.0. The van der Waals surface area contributed by atoms with Crippen molar-refractivity contribution < 1.29 is 29.0 Å². The monoisotopic (exact) mass is 466 g/mol. The van der Waals surface area contributed by atoms with Crippen LogP contribution in [0.5, 0.6) is 0 Å². The molecule has 0 rings (SSSR count). The second kappa shape index (κ2) is 19.5. The number of hydrogen-bond acceptors (Lipinski definition) is 4. The summed E-state index contributed by atoms with van der Waals surface area (Å²) in [4.78, 5) is 23.0. The molecule has 6 heteroatoms. The first-order valence-electron chi connectivity index (χ1n) is 12.5. The number of unbranched alkanes of at least 4 members (excludes halogenated alkanes) is 6. The molecule has 0 saturated heterocycles. The number of carboxylic acid groups (broad SMARTS) is 1. The zero-order chi connectivity index (χ0) is 25.0. The van der Waals surface area contributed by atoms with Crippen molar-refractivity contribution in [3.63, 3.8) is 0 Å². The molecule has 0 saturated carbocycles. The number of quaternary nitrogens is 1. The Morgan fingerprint density at radius 2 is 1.67 bits per heavy atom. The number of nitrogens with zero attached hydrogens (tertiary/aromatic N) is 1. The molecule has 0 bridgehead atoms. The van der Waals surface area contributed by atoms with Gasteiger partial charge in [0.15, 0.2) is 6.10 Å². The number of carbonyl (C=O) groups excluding carboxylic acids is 1. The molecular formula is C27H48NO5+. The topological polar surface area (TPSA) is 83.8 Å². The van der Waals surface area contributed by atoms with Gasteiger partial charge in [-0.25, -0.2) is 0 Å². The van der Waals surface area contributed by atoms with Crippen LogP contribution in [0.15, 0.2) is 36.5 Å². The summed E-state index contributed by atoms with van der Waals surface area (Å²) in [6.45, 7) is 2.64. The first-order chi connectivity index (χ1) is 15.6. The number of esters is 1. The standard InChI is InChI=1S/C27H47NO5/c1-5-6-16-19-24(29)20-17-14-12-10-8-7-9-11-13-15-18-21-27(32)33-25(22-26(30)31)23-28(2,3)4/h7-8,12,14,17,20,24-25,29H,5-6,9-11,13,15-16,18-19,21-23H2,1-4H3/p+1/b8-7+,14-12+,20-17+. The van der Waals surface area contributed by atoms with Crippen LogP contribution in [0.1, 0.15) is 84.0 Å². The van der Waals surface area contributed by atoms with Crippen molar-refractivity contribution in [3.05, 3.63) is 36.5 Å². The number of likely N-dealkylation sites (N-methyl/N-ethyl adjacent to an activating group) is 1. The SMILES string of the molecule is CCCCCC(O)/C=C/C=C/C/C=C/CCCCCCC(=O)OC(CC(=O)O)C[N+](C)(C)C. The molecule has 2 N–H and O–H groups in total. The Morgan fingerprint density at radius 3 is 2.33 bits per heavy atom. The van der Waals surface area contributed by atoms with Gasteiger partial charge in [-0.3, -0.25) is 9.59 Å². The van der Waals surface area contributed by atoms with E-state index in [1.54, 1.807) is 0 Å². The van der Waals surface area contributed by atoms with Crippen LogP contribution >= 0.6 is 0 Å². The van der Waals surface area contributed by atoms with E-state index in [-0.39, 0.29) is 18.5 Å². The van der Waals surface area contributed by atoms with E-state index in [4.69, 9.17) is 9.84 Å². The van der Waals surface area contributed by atoms with Crippen LogP contribution in [0.3, 0.4) is 0 Å². The van der Waals surface area contributed by atoms with Crippen LogP contribution in [0, 0.1) is 0 Å². The fourth-order valence-electron chi connectivity index (χ4n) is 3.42. The van der Waals surface area contributed by atoms with Crippen LogP contribution in [0.4, 0.5) is 0 Å². The van der Waals surface area contributed by atoms with E-state index in [9.17, 15) is 14.7 Å². The number of aliphatic carboxylic acids is 1. The van der Waals surface area contributed by atoms with E-state index >= 15 is 0 Å². The first kappa shape index (κ1) is 31.1. The number of aliphatic hydroxyl groups excluding tert-OH is 1. The number of ether oxygens (including phenoxy) is 1. The van der Waals surface area contributed by atoms with Gasteiger partial charge in [0.05, 0.1) is 33.7 Å². The molecule has 33 heavy (non-hydrogen) atoms. The minimum absolute atomic E-state index is 0.153. The summed E-state index contributed by atoms with van der Waals surface area (Å²) in [6, 6.07) is 0. The molecule has 0 heterocycles. The van der Waals surface area contributed by atoms with Crippen LogP contribution < -0.4 is 0 Å². The summed E-state index contributed by atoms with van der Waals surface area (Å²) in [5, 5.41) is 18.8. The van der Waals surface area contributed by atoms with Crippen molar-refractivity contribution >= 4 is 11.9 Å². The van der Waals surface area contributed by atoms with Crippen LogP contribution in [-0.2, 0) is 14.3 Å². The number of carbonyl (C=O) groups is 2. The molecule has 0 aromatic heterocycles. The average molecular weight is 467 g/mol. The summed E-state index contributed by atoms with van der Waals surface area (Å²) in [5.74, 6) is -1.25.